The number of hydrogen-bond donors (Lipinski definition) is 0. The van der Waals surface area contributed by atoms with Crippen molar-refractivity contribution in [2.45, 2.75) is 50.4 Å². The largest absolute Gasteiger partial charge is 0.469 e. The third-order valence-corrected chi connectivity index (χ3v) is 3.16. The van der Waals surface area contributed by atoms with Crippen LogP contribution in [0.15, 0.2) is 0 Å². The Bertz CT molecular complexity index is 237. The van der Waals surface area contributed by atoms with Crippen molar-refractivity contribution in [3.63, 3.8) is 0 Å². The van der Waals surface area contributed by atoms with Crippen molar-refractivity contribution in [3.8, 4) is 0 Å². The van der Waals surface area contributed by atoms with Gasteiger partial charge in [0, 0.05) is 19.3 Å². The van der Waals surface area contributed by atoms with Gasteiger partial charge >= 0.3 is 5.97 Å². The van der Waals surface area contributed by atoms with E-state index in [-0.39, 0.29) is 17.9 Å². The fraction of sp³-hybridized carbons (Fsp3) is 0.909. The second kappa shape index (κ2) is 4.49. The van der Waals surface area contributed by atoms with Gasteiger partial charge in [-0.3, -0.25) is 4.79 Å². The molecule has 0 unspecified atom stereocenters. The van der Waals surface area contributed by atoms with Crippen LogP contribution in [0.3, 0.4) is 0 Å². The molecule has 0 spiro atoms. The van der Waals surface area contributed by atoms with Crippen molar-refractivity contribution < 1.29 is 19.0 Å². The highest BCUT2D eigenvalue weighted by molar-refractivity contribution is 5.68. The Balaban J connectivity index is 1.76. The molecule has 0 aromatic rings. The van der Waals surface area contributed by atoms with Crippen molar-refractivity contribution in [2.24, 2.45) is 0 Å². The van der Waals surface area contributed by atoms with Crippen molar-refractivity contribution in [3.05, 3.63) is 0 Å². The molecular formula is C11H18O4. The quantitative estimate of drug-likeness (QED) is 0.667. The summed E-state index contributed by atoms with van der Waals surface area (Å²) in [6, 6.07) is 0. The van der Waals surface area contributed by atoms with Gasteiger partial charge in [-0.25, -0.2) is 0 Å². The van der Waals surface area contributed by atoms with Gasteiger partial charge in [-0.1, -0.05) is 0 Å². The first-order valence-corrected chi connectivity index (χ1v) is 5.63. The van der Waals surface area contributed by atoms with Gasteiger partial charge < -0.3 is 14.2 Å². The van der Waals surface area contributed by atoms with Gasteiger partial charge in [0.1, 0.15) is 0 Å². The first-order valence-electron chi connectivity index (χ1n) is 5.63. The van der Waals surface area contributed by atoms with Crippen LogP contribution in [0, 0.1) is 0 Å². The van der Waals surface area contributed by atoms with E-state index in [2.05, 4.69) is 4.74 Å². The maximum Gasteiger partial charge on any atom is 0.305 e. The smallest absolute Gasteiger partial charge is 0.305 e. The third-order valence-electron chi connectivity index (χ3n) is 3.16. The predicted molar refractivity (Wildman–Crippen MR) is 53.3 cm³/mol. The standard InChI is InChI=1S/C11H18O4/c1-13-10(12)5-3-7-11-6-2-4-9(15-11)8-14-11/h9H,2-8H2,1H3/t9-,11-/m0/s1. The van der Waals surface area contributed by atoms with E-state index in [0.717, 1.165) is 32.3 Å². The van der Waals surface area contributed by atoms with Gasteiger partial charge in [0.15, 0.2) is 5.79 Å². The van der Waals surface area contributed by atoms with Crippen molar-refractivity contribution in [1.29, 1.82) is 0 Å². The highest BCUT2D eigenvalue weighted by Crippen LogP contribution is 2.39. The first kappa shape index (κ1) is 10.9. The zero-order chi connectivity index (χ0) is 10.7. The fourth-order valence-electron chi connectivity index (χ4n) is 2.35. The molecule has 2 aliphatic heterocycles. The number of fused-ring (bicyclic) bond motifs is 2. The molecule has 0 saturated carbocycles. The van der Waals surface area contributed by atoms with E-state index in [0.29, 0.717) is 6.42 Å². The zero-order valence-electron chi connectivity index (χ0n) is 9.16. The van der Waals surface area contributed by atoms with Crippen LogP contribution in [0.5, 0.6) is 0 Å². The number of esters is 1. The van der Waals surface area contributed by atoms with Gasteiger partial charge in [0.25, 0.3) is 0 Å². The molecule has 0 aromatic heterocycles. The summed E-state index contributed by atoms with van der Waals surface area (Å²) in [6.07, 6.45) is 5.57. The normalized spacial score (nSPS) is 34.1. The van der Waals surface area contributed by atoms with Crippen LogP contribution in [0.1, 0.15) is 38.5 Å². The highest BCUT2D eigenvalue weighted by atomic mass is 16.7. The molecule has 4 nitrogen and oxygen atoms in total. The minimum atomic E-state index is -0.378. The monoisotopic (exact) mass is 214 g/mol. The molecular weight excluding hydrogens is 196 g/mol. The topological polar surface area (TPSA) is 44.8 Å². The summed E-state index contributed by atoms with van der Waals surface area (Å²) in [7, 11) is 1.42. The van der Waals surface area contributed by atoms with E-state index < -0.39 is 0 Å². The van der Waals surface area contributed by atoms with Crippen LogP contribution in [0.25, 0.3) is 0 Å². The molecule has 2 aliphatic rings. The Hall–Kier alpha value is -0.610. The van der Waals surface area contributed by atoms with E-state index >= 15 is 0 Å². The van der Waals surface area contributed by atoms with Crippen LogP contribution in [0.4, 0.5) is 0 Å². The van der Waals surface area contributed by atoms with Gasteiger partial charge in [0.05, 0.1) is 19.8 Å². The second-order valence-corrected chi connectivity index (χ2v) is 4.28. The lowest BCUT2D eigenvalue weighted by Gasteiger charge is -2.31. The van der Waals surface area contributed by atoms with E-state index in [1.807, 2.05) is 0 Å². The first-order chi connectivity index (χ1) is 7.24. The maximum atomic E-state index is 11.0. The summed E-state index contributed by atoms with van der Waals surface area (Å²) in [5.74, 6) is -0.534. The van der Waals surface area contributed by atoms with Gasteiger partial charge in [-0.2, -0.15) is 0 Å². The van der Waals surface area contributed by atoms with Crippen molar-refractivity contribution >= 4 is 5.97 Å². The molecule has 2 heterocycles. The lowest BCUT2D eigenvalue weighted by Crippen LogP contribution is -2.34. The van der Waals surface area contributed by atoms with E-state index in [1.54, 1.807) is 0 Å². The summed E-state index contributed by atoms with van der Waals surface area (Å²) >= 11 is 0. The SMILES string of the molecule is COC(=O)CCC[C@@]12CCC[C@@H](CO1)O2. The maximum absolute atomic E-state index is 11.0. The van der Waals surface area contributed by atoms with Crippen molar-refractivity contribution in [1.82, 2.24) is 0 Å². The third kappa shape index (κ3) is 2.49. The molecule has 2 saturated heterocycles. The molecule has 86 valence electrons. The molecule has 0 aromatic carbocycles. The van der Waals surface area contributed by atoms with Crippen LogP contribution >= 0.6 is 0 Å². The van der Waals surface area contributed by atoms with Gasteiger partial charge in [-0.15, -0.1) is 0 Å². The summed E-state index contributed by atoms with van der Waals surface area (Å²) in [5.41, 5.74) is 0. The molecule has 2 rings (SSSR count). The van der Waals surface area contributed by atoms with Crippen LogP contribution < -0.4 is 0 Å². The van der Waals surface area contributed by atoms with Crippen LogP contribution in [-0.2, 0) is 19.0 Å². The van der Waals surface area contributed by atoms with Crippen LogP contribution in [-0.4, -0.2) is 31.6 Å². The number of rotatable bonds is 4. The summed E-state index contributed by atoms with van der Waals surface area (Å²) in [5, 5.41) is 0. The Kier molecular flexibility index (Phi) is 3.26. The number of methoxy groups -OCH3 is 1. The van der Waals surface area contributed by atoms with E-state index in [9.17, 15) is 4.79 Å². The summed E-state index contributed by atoms with van der Waals surface area (Å²) in [4.78, 5) is 11.0. The lowest BCUT2D eigenvalue weighted by molar-refractivity contribution is -0.193. The molecule has 2 bridgehead atoms. The van der Waals surface area contributed by atoms with E-state index in [1.165, 1.54) is 13.5 Å². The molecule has 15 heavy (non-hydrogen) atoms. The van der Waals surface area contributed by atoms with Gasteiger partial charge in [-0.05, 0) is 19.3 Å². The second-order valence-electron chi connectivity index (χ2n) is 4.28. The molecule has 4 heteroatoms. The summed E-state index contributed by atoms with van der Waals surface area (Å²) < 4.78 is 16.1. The molecule has 0 amide bonds. The highest BCUT2D eigenvalue weighted by Gasteiger charge is 2.43. The lowest BCUT2D eigenvalue weighted by atomic mass is 9.99. The molecule has 0 aliphatic carbocycles. The molecule has 0 radical (unpaired) electrons. The summed E-state index contributed by atoms with van der Waals surface area (Å²) in [6.45, 7) is 0.720. The molecule has 2 fully saturated rings. The zero-order valence-corrected chi connectivity index (χ0v) is 9.16. The van der Waals surface area contributed by atoms with E-state index in [4.69, 9.17) is 9.47 Å². The average molecular weight is 214 g/mol. The molecule has 0 N–H and O–H groups in total. The number of ether oxygens (including phenoxy) is 3. The minimum Gasteiger partial charge on any atom is -0.469 e. The molecule has 2 atom stereocenters. The average Bonchev–Trinajstić information content (AvgIpc) is 2.54. The van der Waals surface area contributed by atoms with Crippen molar-refractivity contribution in [2.75, 3.05) is 13.7 Å². The fourth-order valence-corrected chi connectivity index (χ4v) is 2.35. The Morgan fingerprint density at radius 3 is 3.27 bits per heavy atom. The Labute approximate surface area is 89.9 Å². The Morgan fingerprint density at radius 1 is 1.60 bits per heavy atom. The predicted octanol–water partition coefficient (Wildman–Crippen LogP) is 1.63. The minimum absolute atomic E-state index is 0.156. The Morgan fingerprint density at radius 2 is 2.47 bits per heavy atom. The number of carbonyl (C=O) groups is 1. The van der Waals surface area contributed by atoms with Gasteiger partial charge in [0.2, 0.25) is 0 Å². The number of hydrogen-bond acceptors (Lipinski definition) is 4. The number of carbonyl (C=O) groups excluding carboxylic acids is 1. The van der Waals surface area contributed by atoms with Crippen LogP contribution in [0.2, 0.25) is 0 Å².